The van der Waals surface area contributed by atoms with Crippen molar-refractivity contribution in [3.63, 3.8) is 0 Å². The Bertz CT molecular complexity index is 1060. The number of hydrogen-bond donors (Lipinski definition) is 1. The standard InChI is InChI=1S/C25H30FN3O5/c1-16(2)27-24(31)15-34-22-8-6-19(14-23(22)33-4)25(32)29-11-9-28(10-12-29)21-7-5-18(17(3)30)13-20(21)26/h5-8,13-14,16H,9-12,15H2,1-4H3,(H,27,31). The van der Waals surface area contributed by atoms with Crippen molar-refractivity contribution in [1.29, 1.82) is 0 Å². The van der Waals surface area contributed by atoms with Crippen LogP contribution in [0.4, 0.5) is 10.1 Å². The number of anilines is 1. The van der Waals surface area contributed by atoms with Gasteiger partial charge in [-0.05, 0) is 57.2 Å². The Kier molecular flexibility index (Phi) is 8.09. The number of nitrogens with one attached hydrogen (secondary N) is 1. The predicted octanol–water partition coefficient (Wildman–Crippen LogP) is 2.90. The lowest BCUT2D eigenvalue weighted by molar-refractivity contribution is -0.123. The molecular formula is C25H30FN3O5. The van der Waals surface area contributed by atoms with Gasteiger partial charge in [-0.3, -0.25) is 14.4 Å². The van der Waals surface area contributed by atoms with Gasteiger partial charge in [0.2, 0.25) is 0 Å². The summed E-state index contributed by atoms with van der Waals surface area (Å²) in [5.74, 6) is -0.333. The predicted molar refractivity (Wildman–Crippen MR) is 126 cm³/mol. The van der Waals surface area contributed by atoms with Crippen LogP contribution in [0.15, 0.2) is 36.4 Å². The monoisotopic (exact) mass is 471 g/mol. The molecule has 0 aliphatic carbocycles. The minimum absolute atomic E-state index is 0.00913. The van der Waals surface area contributed by atoms with E-state index in [9.17, 15) is 18.8 Å². The molecule has 8 nitrogen and oxygen atoms in total. The lowest BCUT2D eigenvalue weighted by atomic mass is 10.1. The number of carbonyl (C=O) groups is 3. The van der Waals surface area contributed by atoms with Gasteiger partial charge in [-0.15, -0.1) is 0 Å². The summed E-state index contributed by atoms with van der Waals surface area (Å²) in [5, 5.41) is 2.74. The van der Waals surface area contributed by atoms with Crippen LogP contribution in [0.2, 0.25) is 0 Å². The summed E-state index contributed by atoms with van der Waals surface area (Å²) in [7, 11) is 1.47. The molecule has 182 valence electrons. The first-order valence-corrected chi connectivity index (χ1v) is 11.1. The first-order chi connectivity index (χ1) is 16.2. The van der Waals surface area contributed by atoms with E-state index in [1.807, 2.05) is 18.7 Å². The van der Waals surface area contributed by atoms with Gasteiger partial charge in [0.05, 0.1) is 12.8 Å². The first-order valence-electron chi connectivity index (χ1n) is 11.1. The van der Waals surface area contributed by atoms with Gasteiger partial charge in [0, 0.05) is 43.3 Å². The average molecular weight is 472 g/mol. The molecule has 0 unspecified atom stereocenters. The Morgan fingerprint density at radius 2 is 1.68 bits per heavy atom. The van der Waals surface area contributed by atoms with Crippen molar-refractivity contribution in [2.75, 3.05) is 44.8 Å². The zero-order valence-electron chi connectivity index (χ0n) is 19.9. The zero-order chi connectivity index (χ0) is 24.8. The Hall–Kier alpha value is -3.62. The molecule has 2 aromatic carbocycles. The van der Waals surface area contributed by atoms with E-state index >= 15 is 0 Å². The second-order valence-corrected chi connectivity index (χ2v) is 8.38. The van der Waals surface area contributed by atoms with Gasteiger partial charge in [-0.1, -0.05) is 0 Å². The number of ketones is 1. The number of methoxy groups -OCH3 is 1. The fraction of sp³-hybridized carbons (Fsp3) is 0.400. The third-order valence-corrected chi connectivity index (χ3v) is 5.48. The molecule has 1 heterocycles. The van der Waals surface area contributed by atoms with Gasteiger partial charge in [-0.25, -0.2) is 4.39 Å². The zero-order valence-corrected chi connectivity index (χ0v) is 19.9. The Morgan fingerprint density at radius 3 is 2.26 bits per heavy atom. The van der Waals surface area contributed by atoms with Crippen LogP contribution < -0.4 is 19.7 Å². The van der Waals surface area contributed by atoms with E-state index in [-0.39, 0.29) is 30.2 Å². The van der Waals surface area contributed by atoms with E-state index in [2.05, 4.69) is 5.32 Å². The average Bonchev–Trinajstić information content (AvgIpc) is 2.81. The normalized spacial score (nSPS) is 13.6. The van der Waals surface area contributed by atoms with Gasteiger partial charge in [-0.2, -0.15) is 0 Å². The van der Waals surface area contributed by atoms with Crippen LogP contribution >= 0.6 is 0 Å². The number of halogens is 1. The summed E-state index contributed by atoms with van der Waals surface area (Å²) >= 11 is 0. The molecule has 1 fully saturated rings. The van der Waals surface area contributed by atoms with E-state index in [1.165, 1.54) is 20.1 Å². The molecule has 9 heteroatoms. The number of rotatable bonds is 8. The molecular weight excluding hydrogens is 441 g/mol. The van der Waals surface area contributed by atoms with Crippen molar-refractivity contribution in [3.8, 4) is 11.5 Å². The number of carbonyl (C=O) groups excluding carboxylic acids is 3. The molecule has 34 heavy (non-hydrogen) atoms. The number of ether oxygens (including phenoxy) is 2. The minimum atomic E-state index is -0.449. The SMILES string of the molecule is COc1cc(C(=O)N2CCN(c3ccc(C(C)=O)cc3F)CC2)ccc1OCC(=O)NC(C)C. The number of nitrogens with zero attached hydrogens (tertiary/aromatic N) is 2. The highest BCUT2D eigenvalue weighted by Crippen LogP contribution is 2.29. The van der Waals surface area contributed by atoms with Gasteiger partial charge in [0.15, 0.2) is 23.9 Å². The molecule has 0 spiro atoms. The summed E-state index contributed by atoms with van der Waals surface area (Å²) < 4.78 is 25.4. The lowest BCUT2D eigenvalue weighted by Crippen LogP contribution is -2.49. The summed E-state index contributed by atoms with van der Waals surface area (Å²) in [5.41, 5.74) is 1.18. The second kappa shape index (κ2) is 11.0. The van der Waals surface area contributed by atoms with Gasteiger partial charge in [0.1, 0.15) is 5.82 Å². The number of benzene rings is 2. The van der Waals surface area contributed by atoms with Crippen molar-refractivity contribution in [2.45, 2.75) is 26.8 Å². The summed E-state index contributed by atoms with van der Waals surface area (Å²) in [4.78, 5) is 39.9. The first kappa shape index (κ1) is 25.0. The van der Waals surface area contributed by atoms with Crippen molar-refractivity contribution < 1.29 is 28.2 Å². The lowest BCUT2D eigenvalue weighted by Gasteiger charge is -2.36. The van der Waals surface area contributed by atoms with E-state index in [0.29, 0.717) is 54.5 Å². The highest BCUT2D eigenvalue weighted by Gasteiger charge is 2.25. The number of Topliss-reactive ketones (excluding diaryl/α,β-unsaturated/α-hetero) is 1. The molecule has 1 N–H and O–H groups in total. The number of hydrogen-bond acceptors (Lipinski definition) is 6. The van der Waals surface area contributed by atoms with Crippen LogP contribution in [0.5, 0.6) is 11.5 Å². The Labute approximate surface area is 198 Å². The van der Waals surface area contributed by atoms with Crippen LogP contribution in [-0.2, 0) is 4.79 Å². The van der Waals surface area contributed by atoms with Crippen LogP contribution in [0.25, 0.3) is 0 Å². The molecule has 1 aliphatic rings. The maximum Gasteiger partial charge on any atom is 0.258 e. The van der Waals surface area contributed by atoms with Gasteiger partial charge in [0.25, 0.3) is 11.8 Å². The molecule has 3 rings (SSSR count). The molecule has 0 radical (unpaired) electrons. The fourth-order valence-electron chi connectivity index (χ4n) is 3.74. The summed E-state index contributed by atoms with van der Waals surface area (Å²) in [6, 6.07) is 9.30. The molecule has 1 saturated heterocycles. The molecule has 2 aromatic rings. The van der Waals surface area contributed by atoms with Crippen LogP contribution in [-0.4, -0.2) is 68.4 Å². The van der Waals surface area contributed by atoms with Crippen LogP contribution in [0.1, 0.15) is 41.5 Å². The van der Waals surface area contributed by atoms with Crippen molar-refractivity contribution >= 4 is 23.3 Å². The fourth-order valence-corrected chi connectivity index (χ4v) is 3.74. The quantitative estimate of drug-likeness (QED) is 0.596. The van der Waals surface area contributed by atoms with E-state index in [4.69, 9.17) is 9.47 Å². The smallest absolute Gasteiger partial charge is 0.258 e. The number of piperazine rings is 1. The van der Waals surface area contributed by atoms with Crippen molar-refractivity contribution in [3.05, 3.63) is 53.3 Å². The van der Waals surface area contributed by atoms with Gasteiger partial charge < -0.3 is 24.6 Å². The minimum Gasteiger partial charge on any atom is -0.493 e. The van der Waals surface area contributed by atoms with Crippen LogP contribution in [0, 0.1) is 5.82 Å². The van der Waals surface area contributed by atoms with Crippen molar-refractivity contribution in [1.82, 2.24) is 10.2 Å². The molecule has 0 saturated carbocycles. The van der Waals surface area contributed by atoms with E-state index < -0.39 is 5.82 Å². The summed E-state index contributed by atoms with van der Waals surface area (Å²) in [6.45, 7) is 6.73. The summed E-state index contributed by atoms with van der Waals surface area (Å²) in [6.07, 6.45) is 0. The third kappa shape index (κ3) is 6.03. The molecule has 0 bridgehead atoms. The molecule has 0 atom stereocenters. The molecule has 0 aromatic heterocycles. The third-order valence-electron chi connectivity index (χ3n) is 5.48. The van der Waals surface area contributed by atoms with E-state index in [0.717, 1.165) is 0 Å². The Balaban J connectivity index is 1.62. The molecule has 2 amide bonds. The second-order valence-electron chi connectivity index (χ2n) is 8.38. The van der Waals surface area contributed by atoms with E-state index in [1.54, 1.807) is 35.2 Å². The van der Waals surface area contributed by atoms with Crippen LogP contribution in [0.3, 0.4) is 0 Å². The maximum atomic E-state index is 14.5. The highest BCUT2D eigenvalue weighted by molar-refractivity contribution is 5.95. The maximum absolute atomic E-state index is 14.5. The van der Waals surface area contributed by atoms with Crippen molar-refractivity contribution in [2.24, 2.45) is 0 Å². The Morgan fingerprint density at radius 1 is 1.00 bits per heavy atom. The van der Waals surface area contributed by atoms with Gasteiger partial charge >= 0.3 is 0 Å². The highest BCUT2D eigenvalue weighted by atomic mass is 19.1. The topological polar surface area (TPSA) is 88.2 Å². The molecule has 1 aliphatic heterocycles. The number of amides is 2. The largest absolute Gasteiger partial charge is 0.493 e.